The van der Waals surface area contributed by atoms with Crippen molar-refractivity contribution < 1.29 is 9.84 Å². The molecule has 0 fully saturated rings. The van der Waals surface area contributed by atoms with Gasteiger partial charge in [-0.25, -0.2) is 0 Å². The summed E-state index contributed by atoms with van der Waals surface area (Å²) in [7, 11) is 0. The number of aliphatic hydroxyl groups is 1. The van der Waals surface area contributed by atoms with E-state index in [-0.39, 0.29) is 6.10 Å². The average molecular weight is 192 g/mol. The molecule has 0 amide bonds. The van der Waals surface area contributed by atoms with E-state index in [4.69, 9.17) is 4.74 Å². The molecule has 0 bridgehead atoms. The Morgan fingerprint density at radius 2 is 1.86 bits per heavy atom. The minimum atomic E-state index is -0.430. The Labute approximate surface area is 84.8 Å². The van der Waals surface area contributed by atoms with Gasteiger partial charge in [-0.3, -0.25) is 0 Å². The van der Waals surface area contributed by atoms with E-state index in [9.17, 15) is 5.11 Å². The Morgan fingerprint density at radius 3 is 2.29 bits per heavy atom. The molecule has 76 valence electrons. The molecule has 0 aliphatic heterocycles. The van der Waals surface area contributed by atoms with Crippen molar-refractivity contribution in [3.8, 4) is 5.75 Å². The first kappa shape index (κ1) is 10.8. The van der Waals surface area contributed by atoms with Gasteiger partial charge >= 0.3 is 0 Å². The highest BCUT2D eigenvalue weighted by molar-refractivity contribution is 5.28. The van der Waals surface area contributed by atoms with E-state index in [0.717, 1.165) is 11.3 Å². The Bertz CT molecular complexity index is 288. The molecule has 0 spiro atoms. The van der Waals surface area contributed by atoms with E-state index in [1.54, 1.807) is 13.0 Å². The van der Waals surface area contributed by atoms with Crippen LogP contribution in [0.5, 0.6) is 5.75 Å². The average Bonchev–Trinajstić information content (AvgIpc) is 2.18. The van der Waals surface area contributed by atoms with Gasteiger partial charge in [0.1, 0.15) is 11.9 Å². The molecule has 0 heterocycles. The van der Waals surface area contributed by atoms with Crippen LogP contribution in [0.25, 0.3) is 0 Å². The van der Waals surface area contributed by atoms with E-state index in [1.807, 2.05) is 31.2 Å². The van der Waals surface area contributed by atoms with Crippen LogP contribution in [0.1, 0.15) is 25.5 Å². The molecule has 2 atom stereocenters. The number of hydrogen-bond donors (Lipinski definition) is 1. The lowest BCUT2D eigenvalue weighted by Gasteiger charge is -2.11. The maximum atomic E-state index is 9.29. The number of ether oxygens (including phenoxy) is 1. The van der Waals surface area contributed by atoms with Gasteiger partial charge in [-0.2, -0.15) is 0 Å². The van der Waals surface area contributed by atoms with Crippen molar-refractivity contribution >= 4 is 0 Å². The second kappa shape index (κ2) is 4.82. The van der Waals surface area contributed by atoms with Crippen LogP contribution in [-0.2, 0) is 0 Å². The largest absolute Gasteiger partial charge is 0.487 e. The molecule has 2 unspecified atom stereocenters. The summed E-state index contributed by atoms with van der Waals surface area (Å²) in [6, 6.07) is 7.41. The Balaban J connectivity index is 2.68. The summed E-state index contributed by atoms with van der Waals surface area (Å²) in [5.74, 6) is 0.793. The molecule has 1 aromatic carbocycles. The van der Waals surface area contributed by atoms with Crippen molar-refractivity contribution in [3.05, 3.63) is 42.5 Å². The summed E-state index contributed by atoms with van der Waals surface area (Å²) >= 11 is 0. The minimum absolute atomic E-state index is 0.00685. The maximum Gasteiger partial charge on any atom is 0.120 e. The number of rotatable bonds is 4. The van der Waals surface area contributed by atoms with Crippen molar-refractivity contribution in [1.29, 1.82) is 0 Å². The third kappa shape index (κ3) is 2.89. The normalized spacial score (nSPS) is 14.5. The Kier molecular flexibility index (Phi) is 3.72. The first-order valence-electron chi connectivity index (χ1n) is 4.70. The highest BCUT2D eigenvalue weighted by Crippen LogP contribution is 2.18. The fourth-order valence-corrected chi connectivity index (χ4v) is 1.09. The number of hydrogen-bond acceptors (Lipinski definition) is 2. The summed E-state index contributed by atoms with van der Waals surface area (Å²) in [5, 5.41) is 9.29. The van der Waals surface area contributed by atoms with Gasteiger partial charge < -0.3 is 9.84 Å². The van der Waals surface area contributed by atoms with E-state index < -0.39 is 6.10 Å². The third-order valence-corrected chi connectivity index (χ3v) is 2.02. The summed E-state index contributed by atoms with van der Waals surface area (Å²) in [5.41, 5.74) is 0.892. The number of benzene rings is 1. The van der Waals surface area contributed by atoms with Crippen LogP contribution >= 0.6 is 0 Å². The van der Waals surface area contributed by atoms with E-state index in [2.05, 4.69) is 6.58 Å². The topological polar surface area (TPSA) is 29.5 Å². The lowest BCUT2D eigenvalue weighted by molar-refractivity contribution is 0.199. The molecule has 1 rings (SSSR count). The summed E-state index contributed by atoms with van der Waals surface area (Å²) in [4.78, 5) is 0. The smallest absolute Gasteiger partial charge is 0.120 e. The lowest BCUT2D eigenvalue weighted by atomic mass is 10.1. The minimum Gasteiger partial charge on any atom is -0.487 e. The molecule has 2 heteroatoms. The molecular formula is C12H16O2. The molecular weight excluding hydrogens is 176 g/mol. The first-order valence-corrected chi connectivity index (χ1v) is 4.70. The fraction of sp³-hybridized carbons (Fsp3) is 0.333. The van der Waals surface area contributed by atoms with Crippen molar-refractivity contribution in [2.45, 2.75) is 26.1 Å². The maximum absolute atomic E-state index is 9.29. The lowest BCUT2D eigenvalue weighted by Crippen LogP contribution is -2.07. The van der Waals surface area contributed by atoms with Gasteiger partial charge in [0.2, 0.25) is 0 Å². The molecule has 14 heavy (non-hydrogen) atoms. The van der Waals surface area contributed by atoms with Gasteiger partial charge in [0.05, 0.1) is 6.10 Å². The molecule has 0 aliphatic carbocycles. The third-order valence-electron chi connectivity index (χ3n) is 2.02. The van der Waals surface area contributed by atoms with Gasteiger partial charge in [0.25, 0.3) is 0 Å². The molecule has 0 radical (unpaired) electrons. The quantitative estimate of drug-likeness (QED) is 0.743. The summed E-state index contributed by atoms with van der Waals surface area (Å²) < 4.78 is 5.50. The van der Waals surface area contributed by atoms with Crippen LogP contribution in [0.15, 0.2) is 36.9 Å². The second-order valence-electron chi connectivity index (χ2n) is 3.30. The van der Waals surface area contributed by atoms with E-state index >= 15 is 0 Å². The van der Waals surface area contributed by atoms with Gasteiger partial charge in [-0.15, -0.1) is 0 Å². The van der Waals surface area contributed by atoms with Crippen LogP contribution < -0.4 is 4.74 Å². The highest BCUT2D eigenvalue weighted by atomic mass is 16.5. The first-order chi connectivity index (χ1) is 6.63. The predicted molar refractivity (Wildman–Crippen MR) is 57.4 cm³/mol. The van der Waals surface area contributed by atoms with Crippen molar-refractivity contribution in [2.75, 3.05) is 0 Å². The van der Waals surface area contributed by atoms with Gasteiger partial charge in [0.15, 0.2) is 0 Å². The molecule has 1 aromatic rings. The van der Waals surface area contributed by atoms with Crippen LogP contribution in [0, 0.1) is 0 Å². The zero-order chi connectivity index (χ0) is 10.6. The van der Waals surface area contributed by atoms with Gasteiger partial charge in [0, 0.05) is 0 Å². The van der Waals surface area contributed by atoms with Gasteiger partial charge in [-0.1, -0.05) is 24.8 Å². The molecule has 0 aliphatic rings. The van der Waals surface area contributed by atoms with Crippen LogP contribution in [-0.4, -0.2) is 11.2 Å². The predicted octanol–water partition coefficient (Wildman–Crippen LogP) is 2.69. The Morgan fingerprint density at radius 1 is 1.29 bits per heavy atom. The zero-order valence-electron chi connectivity index (χ0n) is 8.60. The summed E-state index contributed by atoms with van der Waals surface area (Å²) in [6.45, 7) is 7.30. The van der Waals surface area contributed by atoms with Crippen molar-refractivity contribution in [2.24, 2.45) is 0 Å². The fourth-order valence-electron chi connectivity index (χ4n) is 1.09. The second-order valence-corrected chi connectivity index (χ2v) is 3.30. The zero-order valence-corrected chi connectivity index (χ0v) is 8.60. The van der Waals surface area contributed by atoms with Crippen molar-refractivity contribution in [1.82, 2.24) is 0 Å². The highest BCUT2D eigenvalue weighted by Gasteiger charge is 2.02. The molecule has 0 saturated carbocycles. The molecule has 1 N–H and O–H groups in total. The van der Waals surface area contributed by atoms with Crippen LogP contribution in [0.4, 0.5) is 0 Å². The summed E-state index contributed by atoms with van der Waals surface area (Å²) in [6.07, 6.45) is 1.32. The van der Waals surface area contributed by atoms with E-state index in [0.29, 0.717) is 0 Å². The molecule has 0 aromatic heterocycles. The molecule has 0 saturated heterocycles. The van der Waals surface area contributed by atoms with Crippen molar-refractivity contribution in [3.63, 3.8) is 0 Å². The Hall–Kier alpha value is -1.28. The SMILES string of the molecule is C=CC(C)Oc1ccc(C(C)O)cc1. The number of aliphatic hydroxyl groups excluding tert-OH is 1. The monoisotopic (exact) mass is 192 g/mol. The van der Waals surface area contributed by atoms with Crippen LogP contribution in [0.2, 0.25) is 0 Å². The van der Waals surface area contributed by atoms with Gasteiger partial charge in [-0.05, 0) is 31.5 Å². The molecule has 2 nitrogen and oxygen atoms in total. The van der Waals surface area contributed by atoms with Crippen LogP contribution in [0.3, 0.4) is 0 Å². The standard InChI is InChI=1S/C12H16O2/c1-4-9(2)14-12-7-5-11(6-8-12)10(3)13/h4-10,13H,1H2,2-3H3. The van der Waals surface area contributed by atoms with E-state index in [1.165, 1.54) is 0 Å².